The van der Waals surface area contributed by atoms with Crippen LogP contribution in [-0.4, -0.2) is 32.3 Å². The zero-order valence-electron chi connectivity index (χ0n) is 10.6. The van der Waals surface area contributed by atoms with Gasteiger partial charge in [-0.1, -0.05) is 0 Å². The molecule has 1 heterocycles. The number of aliphatic carboxylic acids is 1. The van der Waals surface area contributed by atoms with E-state index in [1.165, 1.54) is 4.09 Å². The number of ether oxygens (including phenoxy) is 1. The number of carboxylic acids is 1. The molecule has 0 radical (unpaired) electrons. The van der Waals surface area contributed by atoms with Crippen LogP contribution in [0.4, 0.5) is 0 Å². The fraction of sp³-hybridized carbons (Fsp3) is 0.273. The van der Waals surface area contributed by atoms with E-state index in [1.807, 2.05) is 6.92 Å². The van der Waals surface area contributed by atoms with Gasteiger partial charge in [0.2, 0.25) is 0 Å². The zero-order valence-corrected chi connectivity index (χ0v) is 14.5. The van der Waals surface area contributed by atoms with E-state index >= 15 is 0 Å². The van der Waals surface area contributed by atoms with E-state index in [0.717, 1.165) is 11.1 Å². The molecule has 96 valence electrons. The first-order chi connectivity index (χ1) is 8.60. The number of fused-ring (bicyclic) bond motifs is 1. The van der Waals surface area contributed by atoms with E-state index in [2.05, 4.69) is 5.10 Å². The van der Waals surface area contributed by atoms with Crippen LogP contribution in [0.15, 0.2) is 24.4 Å². The minimum Gasteiger partial charge on any atom is -0.546 e. The fourth-order valence-corrected chi connectivity index (χ4v) is 2.04. The van der Waals surface area contributed by atoms with Crippen molar-refractivity contribution >= 4 is 28.8 Å². The van der Waals surface area contributed by atoms with E-state index in [9.17, 15) is 9.90 Å². The number of aliphatic hydroxyl groups is 1. The molecule has 0 fully saturated rings. The third-order valence-electron chi connectivity index (χ3n) is 2.18. The number of carbonyl (C=O) groups excluding carboxylic acids is 1. The van der Waals surface area contributed by atoms with Crippen molar-refractivity contribution in [1.29, 1.82) is 0 Å². The molecule has 8 heteroatoms. The fourth-order valence-electron chi connectivity index (χ4n) is 1.44. The van der Waals surface area contributed by atoms with Crippen molar-refractivity contribution in [3.63, 3.8) is 0 Å². The first-order valence-electron chi connectivity index (χ1n) is 5.28. The second-order valence-electron chi connectivity index (χ2n) is 3.46. The quantitative estimate of drug-likeness (QED) is 0.468. The van der Waals surface area contributed by atoms with Gasteiger partial charge in [0.15, 0.2) is 5.44 Å². The number of nitrogens with zero attached hydrogens (tertiary/aromatic N) is 2. The molecule has 0 bridgehead atoms. The van der Waals surface area contributed by atoms with Gasteiger partial charge in [-0.3, -0.25) is 0 Å². The summed E-state index contributed by atoms with van der Waals surface area (Å²) >= 11 is 0.655. The number of benzene rings is 1. The van der Waals surface area contributed by atoms with Crippen molar-refractivity contribution < 1.29 is 71.1 Å². The Balaban J connectivity index is 0.00000180. The normalized spacial score (nSPS) is 11.9. The summed E-state index contributed by atoms with van der Waals surface area (Å²) in [7, 11) is 0. The second-order valence-corrected chi connectivity index (χ2v) is 4.49. The predicted octanol–water partition coefficient (Wildman–Crippen LogP) is -3.00. The molecule has 0 saturated heterocycles. The molecule has 1 N–H and O–H groups in total. The largest absolute Gasteiger partial charge is 1.00 e. The van der Waals surface area contributed by atoms with Crippen molar-refractivity contribution in [2.24, 2.45) is 0 Å². The third-order valence-corrected chi connectivity index (χ3v) is 2.97. The summed E-state index contributed by atoms with van der Waals surface area (Å²) in [6.45, 7) is 2.46. The van der Waals surface area contributed by atoms with Gasteiger partial charge in [0.1, 0.15) is 5.75 Å². The van der Waals surface area contributed by atoms with E-state index in [1.54, 1.807) is 24.4 Å². The number of aromatic nitrogens is 2. The molecule has 1 aromatic carbocycles. The number of hydrogen-bond donors (Lipinski definition) is 1. The Labute approximate surface area is 156 Å². The Morgan fingerprint density at radius 3 is 3.00 bits per heavy atom. The van der Waals surface area contributed by atoms with Crippen LogP contribution in [0, 0.1) is 0 Å². The third kappa shape index (κ3) is 4.45. The Bertz CT molecular complexity index is 575. The number of aliphatic hydroxyl groups excluding tert-OH is 1. The minimum atomic E-state index is -1.65. The van der Waals surface area contributed by atoms with Crippen molar-refractivity contribution in [1.82, 2.24) is 9.19 Å². The molecule has 0 aliphatic carbocycles. The van der Waals surface area contributed by atoms with Crippen LogP contribution in [-0.2, 0) is 4.79 Å². The summed E-state index contributed by atoms with van der Waals surface area (Å²) in [5.41, 5.74) is -0.956. The molecular formula is C11H11KN2O4S. The minimum absolute atomic E-state index is 0. The van der Waals surface area contributed by atoms with Crippen LogP contribution in [0.1, 0.15) is 6.92 Å². The van der Waals surface area contributed by atoms with Gasteiger partial charge in [0, 0.05) is 23.5 Å². The molecule has 0 spiro atoms. The van der Waals surface area contributed by atoms with Gasteiger partial charge < -0.3 is 19.7 Å². The molecule has 2 rings (SSSR count). The SMILES string of the molecule is CCOc1ccc2nn(SC(O)C(=O)[O-])cc2c1.[K+]. The van der Waals surface area contributed by atoms with Crippen LogP contribution in [0.5, 0.6) is 5.75 Å². The van der Waals surface area contributed by atoms with Gasteiger partial charge in [0.25, 0.3) is 0 Å². The van der Waals surface area contributed by atoms with Crippen molar-refractivity contribution in [3.8, 4) is 5.75 Å². The number of carboxylic acid groups (broad SMARTS) is 1. The Hall–Kier alpha value is -0.0936. The van der Waals surface area contributed by atoms with E-state index in [0.29, 0.717) is 24.1 Å². The summed E-state index contributed by atoms with van der Waals surface area (Å²) < 4.78 is 6.64. The van der Waals surface area contributed by atoms with Gasteiger partial charge in [0.05, 0.1) is 18.1 Å². The van der Waals surface area contributed by atoms with Crippen molar-refractivity contribution in [3.05, 3.63) is 24.4 Å². The van der Waals surface area contributed by atoms with Gasteiger partial charge in [-0.05, 0) is 25.1 Å². The van der Waals surface area contributed by atoms with Crippen LogP contribution in [0.2, 0.25) is 0 Å². The Morgan fingerprint density at radius 2 is 2.37 bits per heavy atom. The summed E-state index contributed by atoms with van der Waals surface area (Å²) in [5, 5.41) is 24.5. The van der Waals surface area contributed by atoms with Gasteiger partial charge in [-0.25, -0.2) is 4.09 Å². The standard InChI is InChI=1S/C11H12N2O4S.K/c1-2-17-8-3-4-9-7(5-8)6-13(12-9)18-11(16)10(14)15;/h3-6,11,16H,2H2,1H3,(H,14,15);/q;+1/p-1. The number of hydrogen-bond acceptors (Lipinski definition) is 6. The van der Waals surface area contributed by atoms with Crippen LogP contribution in [0.25, 0.3) is 10.9 Å². The monoisotopic (exact) mass is 306 g/mol. The first-order valence-corrected chi connectivity index (χ1v) is 6.12. The van der Waals surface area contributed by atoms with Crippen molar-refractivity contribution in [2.45, 2.75) is 12.4 Å². The van der Waals surface area contributed by atoms with E-state index in [-0.39, 0.29) is 51.4 Å². The molecule has 6 nitrogen and oxygen atoms in total. The average Bonchev–Trinajstić information content (AvgIpc) is 2.70. The van der Waals surface area contributed by atoms with E-state index < -0.39 is 11.4 Å². The summed E-state index contributed by atoms with van der Waals surface area (Å²) in [6, 6.07) is 5.35. The van der Waals surface area contributed by atoms with Crippen LogP contribution >= 0.6 is 11.9 Å². The van der Waals surface area contributed by atoms with Gasteiger partial charge >= 0.3 is 51.4 Å². The summed E-state index contributed by atoms with van der Waals surface area (Å²) in [6.07, 6.45) is 1.62. The smallest absolute Gasteiger partial charge is 0.546 e. The maximum absolute atomic E-state index is 10.4. The molecule has 19 heavy (non-hydrogen) atoms. The van der Waals surface area contributed by atoms with Crippen molar-refractivity contribution in [2.75, 3.05) is 6.61 Å². The Morgan fingerprint density at radius 1 is 1.63 bits per heavy atom. The molecule has 0 aliphatic heterocycles. The second kappa shape index (κ2) is 7.63. The maximum Gasteiger partial charge on any atom is 1.00 e. The van der Waals surface area contributed by atoms with Gasteiger partial charge in [-0.2, -0.15) is 5.10 Å². The topological polar surface area (TPSA) is 87.4 Å². The number of carbonyl (C=O) groups is 1. The molecule has 1 aromatic heterocycles. The molecule has 0 aliphatic rings. The van der Waals surface area contributed by atoms with Crippen LogP contribution in [0.3, 0.4) is 0 Å². The first kappa shape index (κ1) is 17.0. The molecular weight excluding hydrogens is 295 g/mol. The molecule has 0 amide bonds. The average molecular weight is 306 g/mol. The molecule has 1 unspecified atom stereocenters. The molecule has 2 aromatic rings. The summed E-state index contributed by atoms with van der Waals surface area (Å²) in [5.74, 6) is -0.829. The van der Waals surface area contributed by atoms with Crippen LogP contribution < -0.4 is 61.2 Å². The number of rotatable bonds is 5. The van der Waals surface area contributed by atoms with E-state index in [4.69, 9.17) is 9.84 Å². The van der Waals surface area contributed by atoms with Gasteiger partial charge in [-0.15, -0.1) is 0 Å². The molecule has 0 saturated carbocycles. The zero-order chi connectivity index (χ0) is 13.1. The predicted molar refractivity (Wildman–Crippen MR) is 64.9 cm³/mol. The summed E-state index contributed by atoms with van der Waals surface area (Å²) in [4.78, 5) is 10.4. The molecule has 1 atom stereocenters. The Kier molecular flexibility index (Phi) is 6.81. The maximum atomic E-state index is 10.4.